The fraction of sp³-hybridized carbons (Fsp3) is 0. The van der Waals surface area contributed by atoms with E-state index in [1.54, 1.807) is 6.07 Å². The lowest BCUT2D eigenvalue weighted by molar-refractivity contribution is 0.0996. The predicted molar refractivity (Wildman–Crippen MR) is 55.3 cm³/mol. The lowest BCUT2D eigenvalue weighted by atomic mass is 10.2. The molecule has 1 aromatic carbocycles. The minimum absolute atomic E-state index is 0.0951. The van der Waals surface area contributed by atoms with Crippen LogP contribution in [0.1, 0.15) is 10.4 Å². The Morgan fingerprint density at radius 1 is 1.58 bits per heavy atom. The molecule has 5 heteroatoms. The van der Waals surface area contributed by atoms with E-state index in [-0.39, 0.29) is 10.0 Å². The van der Waals surface area contributed by atoms with Crippen LogP contribution in [0.3, 0.4) is 0 Å². The van der Waals surface area contributed by atoms with Crippen LogP contribution in [-0.2, 0) is 0 Å². The molecule has 0 heterocycles. The number of halogens is 3. The van der Waals surface area contributed by atoms with Crippen molar-refractivity contribution in [3.8, 4) is 0 Å². The Balaban J connectivity index is 3.36. The zero-order valence-electron chi connectivity index (χ0n) is 5.77. The van der Waals surface area contributed by atoms with Gasteiger partial charge in [-0.05, 0) is 50.7 Å². The van der Waals surface area contributed by atoms with Crippen LogP contribution in [0.5, 0.6) is 0 Å². The van der Waals surface area contributed by atoms with Crippen LogP contribution in [0.4, 0.5) is 4.39 Å². The van der Waals surface area contributed by atoms with E-state index in [1.165, 1.54) is 6.07 Å². The Bertz CT molecular complexity index is 342. The third kappa shape index (κ3) is 1.77. The normalized spacial score (nSPS) is 9.92. The molecule has 0 aromatic heterocycles. The van der Waals surface area contributed by atoms with Gasteiger partial charge < -0.3 is 5.73 Å². The Labute approximate surface area is 90.6 Å². The number of carbonyl (C=O) groups excluding carboxylic acids is 1. The monoisotopic (exact) mass is 343 g/mol. The Kier molecular flexibility index (Phi) is 3.05. The van der Waals surface area contributed by atoms with Gasteiger partial charge in [0.25, 0.3) is 5.91 Å². The summed E-state index contributed by atoms with van der Waals surface area (Å²) in [4.78, 5) is 10.6. The molecule has 0 radical (unpaired) electrons. The summed E-state index contributed by atoms with van der Waals surface area (Å²) in [6, 6.07) is 2.98. The molecule has 0 aliphatic rings. The molecular weight excluding hydrogens is 340 g/mol. The van der Waals surface area contributed by atoms with Gasteiger partial charge in [0.15, 0.2) is 5.82 Å². The topological polar surface area (TPSA) is 43.1 Å². The van der Waals surface area contributed by atoms with E-state index >= 15 is 0 Å². The molecule has 0 spiro atoms. The summed E-state index contributed by atoms with van der Waals surface area (Å²) in [5.74, 6) is -1.36. The average molecular weight is 344 g/mol. The minimum atomic E-state index is -0.760. The molecule has 0 aliphatic heterocycles. The molecular formula is C7H4BrFINO. The summed E-state index contributed by atoms with van der Waals surface area (Å²) in [5, 5.41) is 0. The molecule has 12 heavy (non-hydrogen) atoms. The smallest absolute Gasteiger partial charge is 0.251 e. The predicted octanol–water partition coefficient (Wildman–Crippen LogP) is 2.29. The maximum absolute atomic E-state index is 13.2. The van der Waals surface area contributed by atoms with Gasteiger partial charge in [-0.25, -0.2) is 4.39 Å². The number of rotatable bonds is 1. The van der Waals surface area contributed by atoms with E-state index in [0.29, 0.717) is 3.57 Å². The molecule has 0 fully saturated rings. The van der Waals surface area contributed by atoms with Crippen LogP contribution in [0.2, 0.25) is 0 Å². The van der Waals surface area contributed by atoms with Crippen molar-refractivity contribution in [1.29, 1.82) is 0 Å². The van der Waals surface area contributed by atoms with Crippen molar-refractivity contribution in [2.45, 2.75) is 0 Å². The fourth-order valence-corrected chi connectivity index (χ4v) is 1.48. The first kappa shape index (κ1) is 9.91. The molecule has 0 bridgehead atoms. The summed E-state index contributed by atoms with van der Waals surface area (Å²) in [5.41, 5.74) is 4.84. The first-order chi connectivity index (χ1) is 5.54. The van der Waals surface area contributed by atoms with Gasteiger partial charge in [-0.2, -0.15) is 0 Å². The molecule has 1 aromatic rings. The number of nitrogens with two attached hydrogens (primary N) is 1. The van der Waals surface area contributed by atoms with E-state index in [9.17, 15) is 9.18 Å². The summed E-state index contributed by atoms with van der Waals surface area (Å²) < 4.78 is 14.1. The van der Waals surface area contributed by atoms with Gasteiger partial charge in [0, 0.05) is 3.57 Å². The lowest BCUT2D eigenvalue weighted by Crippen LogP contribution is -2.13. The van der Waals surface area contributed by atoms with Gasteiger partial charge in [0.1, 0.15) is 0 Å². The van der Waals surface area contributed by atoms with Gasteiger partial charge in [0.2, 0.25) is 0 Å². The van der Waals surface area contributed by atoms with Crippen molar-refractivity contribution in [2.24, 2.45) is 5.73 Å². The summed E-state index contributed by atoms with van der Waals surface area (Å²) in [6.07, 6.45) is 0. The Morgan fingerprint density at radius 2 is 2.17 bits per heavy atom. The number of hydrogen-bond acceptors (Lipinski definition) is 1. The SMILES string of the molecule is NC(=O)c1ccc(I)c(Br)c1F. The third-order valence-electron chi connectivity index (χ3n) is 1.30. The molecule has 0 unspecified atom stereocenters. The average Bonchev–Trinajstić information content (AvgIpc) is 2.00. The van der Waals surface area contributed by atoms with E-state index in [0.717, 1.165) is 0 Å². The summed E-state index contributed by atoms with van der Waals surface area (Å²) >= 11 is 4.96. The van der Waals surface area contributed by atoms with Crippen LogP contribution in [-0.4, -0.2) is 5.91 Å². The number of amides is 1. The van der Waals surface area contributed by atoms with Gasteiger partial charge in [-0.3, -0.25) is 4.79 Å². The van der Waals surface area contributed by atoms with Gasteiger partial charge in [0.05, 0.1) is 10.0 Å². The van der Waals surface area contributed by atoms with Crippen molar-refractivity contribution >= 4 is 44.4 Å². The Hall–Kier alpha value is -0.170. The van der Waals surface area contributed by atoms with Gasteiger partial charge in [-0.1, -0.05) is 0 Å². The second kappa shape index (κ2) is 3.69. The zero-order valence-corrected chi connectivity index (χ0v) is 9.52. The largest absolute Gasteiger partial charge is 0.366 e. The number of carbonyl (C=O) groups is 1. The number of benzene rings is 1. The van der Waals surface area contributed by atoms with E-state index in [1.807, 2.05) is 22.6 Å². The minimum Gasteiger partial charge on any atom is -0.366 e. The lowest BCUT2D eigenvalue weighted by Gasteiger charge is -2.01. The Morgan fingerprint density at radius 3 is 2.67 bits per heavy atom. The standard InChI is InChI=1S/C7H4BrFINO/c8-5-4(10)2-1-3(6(5)9)7(11)12/h1-2H,(H2,11,12). The first-order valence-corrected chi connectivity index (χ1v) is 4.84. The molecule has 64 valence electrons. The molecule has 1 rings (SSSR count). The molecule has 1 amide bonds. The van der Waals surface area contributed by atoms with Crippen LogP contribution in [0.15, 0.2) is 16.6 Å². The maximum Gasteiger partial charge on any atom is 0.251 e. The van der Waals surface area contributed by atoms with E-state index < -0.39 is 11.7 Å². The highest BCUT2D eigenvalue weighted by atomic mass is 127. The highest BCUT2D eigenvalue weighted by Gasteiger charge is 2.12. The highest BCUT2D eigenvalue weighted by molar-refractivity contribution is 14.1. The van der Waals surface area contributed by atoms with Gasteiger partial charge >= 0.3 is 0 Å². The zero-order chi connectivity index (χ0) is 9.30. The van der Waals surface area contributed by atoms with Crippen molar-refractivity contribution in [3.63, 3.8) is 0 Å². The summed E-state index contributed by atoms with van der Waals surface area (Å²) in [6.45, 7) is 0. The van der Waals surface area contributed by atoms with E-state index in [2.05, 4.69) is 15.9 Å². The third-order valence-corrected chi connectivity index (χ3v) is 3.72. The second-order valence-corrected chi connectivity index (χ2v) is 4.04. The van der Waals surface area contributed by atoms with Crippen LogP contribution >= 0.6 is 38.5 Å². The molecule has 0 aliphatic carbocycles. The maximum atomic E-state index is 13.2. The first-order valence-electron chi connectivity index (χ1n) is 2.97. The van der Waals surface area contributed by atoms with Crippen molar-refractivity contribution in [2.75, 3.05) is 0 Å². The molecule has 0 saturated heterocycles. The molecule has 0 atom stereocenters. The molecule has 2 nitrogen and oxygen atoms in total. The number of hydrogen-bond donors (Lipinski definition) is 1. The van der Waals surface area contributed by atoms with Gasteiger partial charge in [-0.15, -0.1) is 0 Å². The van der Waals surface area contributed by atoms with Crippen molar-refractivity contribution in [1.82, 2.24) is 0 Å². The quantitative estimate of drug-likeness (QED) is 0.617. The molecule has 0 saturated carbocycles. The summed E-state index contributed by atoms with van der Waals surface area (Å²) in [7, 11) is 0. The highest BCUT2D eigenvalue weighted by Crippen LogP contribution is 2.24. The van der Waals surface area contributed by atoms with Crippen LogP contribution in [0.25, 0.3) is 0 Å². The fourth-order valence-electron chi connectivity index (χ4n) is 0.716. The van der Waals surface area contributed by atoms with Crippen molar-refractivity contribution < 1.29 is 9.18 Å². The van der Waals surface area contributed by atoms with Crippen molar-refractivity contribution in [3.05, 3.63) is 31.6 Å². The van der Waals surface area contributed by atoms with E-state index in [4.69, 9.17) is 5.73 Å². The van der Waals surface area contributed by atoms with Crippen LogP contribution < -0.4 is 5.73 Å². The number of primary amides is 1. The van der Waals surface area contributed by atoms with Crippen LogP contribution in [0, 0.1) is 9.39 Å². The second-order valence-electron chi connectivity index (χ2n) is 2.09. The molecule has 2 N–H and O–H groups in total.